The molecule has 2 unspecified atom stereocenters. The summed E-state index contributed by atoms with van der Waals surface area (Å²) in [5.74, 6) is 0.206. The van der Waals surface area contributed by atoms with E-state index in [0.717, 1.165) is 13.0 Å². The van der Waals surface area contributed by atoms with Gasteiger partial charge in [0.15, 0.2) is 0 Å². The van der Waals surface area contributed by atoms with Crippen LogP contribution in [0.3, 0.4) is 0 Å². The van der Waals surface area contributed by atoms with E-state index in [2.05, 4.69) is 6.92 Å². The fourth-order valence-corrected chi connectivity index (χ4v) is 0.809. The molecule has 93 valence electrons. The quantitative estimate of drug-likeness (QED) is 0.595. The van der Waals surface area contributed by atoms with Crippen LogP contribution in [0.4, 0.5) is 0 Å². The van der Waals surface area contributed by atoms with Crippen LogP contribution in [0.25, 0.3) is 0 Å². The van der Waals surface area contributed by atoms with Crippen molar-refractivity contribution in [3.8, 4) is 0 Å². The first kappa shape index (κ1) is 17.2. The number of aliphatic hydroxyl groups is 3. The number of aliphatic hydroxyl groups excluding tert-OH is 3. The third-order valence-corrected chi connectivity index (χ3v) is 2.08. The summed E-state index contributed by atoms with van der Waals surface area (Å²) in [6.07, 6.45) is 0.810. The van der Waals surface area contributed by atoms with Crippen LogP contribution >= 0.6 is 0 Å². The van der Waals surface area contributed by atoms with Gasteiger partial charge in [-0.25, -0.2) is 0 Å². The van der Waals surface area contributed by atoms with E-state index in [-0.39, 0.29) is 25.2 Å². The Bertz CT molecular complexity index is 120. The largest absolute Gasteiger partial charge is 0.396 e. The van der Waals surface area contributed by atoms with E-state index in [1.165, 1.54) is 0 Å². The van der Waals surface area contributed by atoms with E-state index in [1.807, 2.05) is 25.9 Å². The Morgan fingerprint density at radius 1 is 1.20 bits per heavy atom. The first-order valence-corrected chi connectivity index (χ1v) is 5.33. The van der Waals surface area contributed by atoms with E-state index in [0.29, 0.717) is 6.42 Å². The van der Waals surface area contributed by atoms with Gasteiger partial charge in [-0.15, -0.1) is 0 Å². The van der Waals surface area contributed by atoms with Gasteiger partial charge in [0.25, 0.3) is 0 Å². The molecule has 0 saturated heterocycles. The molecule has 4 nitrogen and oxygen atoms in total. The topological polar surface area (TPSA) is 63.9 Å². The first-order chi connectivity index (χ1) is 6.99. The highest BCUT2D eigenvalue weighted by Gasteiger charge is 2.09. The maximum Gasteiger partial charge on any atom is 0.0587 e. The van der Waals surface area contributed by atoms with Crippen molar-refractivity contribution in [3.63, 3.8) is 0 Å². The van der Waals surface area contributed by atoms with Crippen LogP contribution in [0, 0.1) is 12.8 Å². The predicted molar refractivity (Wildman–Crippen MR) is 62.5 cm³/mol. The number of nitrogens with zero attached hydrogens (tertiary/aromatic N) is 1. The molecule has 0 aliphatic carbocycles. The highest BCUT2D eigenvalue weighted by atomic mass is 16.3. The molecule has 0 bridgehead atoms. The van der Waals surface area contributed by atoms with Gasteiger partial charge >= 0.3 is 0 Å². The Morgan fingerprint density at radius 3 is 1.93 bits per heavy atom. The molecule has 0 fully saturated rings. The molecule has 2 atom stereocenters. The van der Waals surface area contributed by atoms with E-state index < -0.39 is 0 Å². The minimum absolute atomic E-state index is 0.0610. The zero-order valence-corrected chi connectivity index (χ0v) is 10.2. The molecule has 0 aromatic carbocycles. The molecule has 3 N–H and O–H groups in total. The van der Waals surface area contributed by atoms with Crippen molar-refractivity contribution >= 4 is 0 Å². The van der Waals surface area contributed by atoms with E-state index in [4.69, 9.17) is 15.3 Å². The Hall–Kier alpha value is -0.160. The molecule has 0 spiro atoms. The fraction of sp³-hybridized carbons (Fsp3) is 0.909. The van der Waals surface area contributed by atoms with Gasteiger partial charge in [-0.3, -0.25) is 0 Å². The van der Waals surface area contributed by atoms with Crippen LogP contribution in [0.1, 0.15) is 19.8 Å². The smallest absolute Gasteiger partial charge is 0.0587 e. The zero-order chi connectivity index (χ0) is 12.3. The maximum atomic E-state index is 9.12. The van der Waals surface area contributed by atoms with Crippen LogP contribution in [0.2, 0.25) is 0 Å². The molecule has 0 amide bonds. The second-order valence-corrected chi connectivity index (χ2v) is 3.87. The summed E-state index contributed by atoms with van der Waals surface area (Å²) in [6, 6.07) is 0. The van der Waals surface area contributed by atoms with Crippen molar-refractivity contribution in [1.82, 2.24) is 4.90 Å². The molecular weight excluding hydrogens is 194 g/mol. The molecule has 1 radical (unpaired) electrons. The van der Waals surface area contributed by atoms with E-state index >= 15 is 0 Å². The van der Waals surface area contributed by atoms with E-state index in [1.54, 1.807) is 0 Å². The predicted octanol–water partition coefficient (Wildman–Crippen LogP) is 0.130. The van der Waals surface area contributed by atoms with Gasteiger partial charge in [-0.2, -0.15) is 0 Å². The standard InChI is InChI=1S/C7H15O2.C4H11NO/c1-3-6(2)7(9)4-5-8;1-5(2)3-4-6/h6-9H,1,3-5H2,2H3;6H,3-4H2,1-2H3. The molecular formula is C11H26NO3. The minimum Gasteiger partial charge on any atom is -0.396 e. The van der Waals surface area contributed by atoms with Crippen LogP contribution < -0.4 is 0 Å². The maximum absolute atomic E-state index is 9.12. The summed E-state index contributed by atoms with van der Waals surface area (Å²) in [6.45, 7) is 6.65. The average Bonchev–Trinajstić information content (AvgIpc) is 2.17. The van der Waals surface area contributed by atoms with Crippen molar-refractivity contribution in [1.29, 1.82) is 0 Å². The molecule has 0 aliphatic rings. The van der Waals surface area contributed by atoms with Gasteiger partial charge in [0.2, 0.25) is 0 Å². The van der Waals surface area contributed by atoms with Crippen molar-refractivity contribution in [2.24, 2.45) is 5.92 Å². The molecule has 0 aromatic heterocycles. The highest BCUT2D eigenvalue weighted by molar-refractivity contribution is 4.64. The summed E-state index contributed by atoms with van der Waals surface area (Å²) in [5, 5.41) is 25.7. The third kappa shape index (κ3) is 13.8. The molecule has 0 saturated carbocycles. The summed E-state index contributed by atoms with van der Waals surface area (Å²) in [5.41, 5.74) is 0. The zero-order valence-electron chi connectivity index (χ0n) is 10.2. The SMILES string of the molecule is CN(C)CCO.[CH2]CC(C)C(O)CCO. The van der Waals surface area contributed by atoms with Crippen molar-refractivity contribution in [3.05, 3.63) is 6.92 Å². The van der Waals surface area contributed by atoms with Crippen molar-refractivity contribution < 1.29 is 15.3 Å². The Labute approximate surface area is 93.5 Å². The summed E-state index contributed by atoms with van der Waals surface area (Å²) in [4.78, 5) is 1.93. The van der Waals surface area contributed by atoms with Crippen molar-refractivity contribution in [2.45, 2.75) is 25.9 Å². The first-order valence-electron chi connectivity index (χ1n) is 5.33. The van der Waals surface area contributed by atoms with Gasteiger partial charge in [-0.05, 0) is 32.9 Å². The lowest BCUT2D eigenvalue weighted by Crippen LogP contribution is -2.17. The Morgan fingerprint density at radius 2 is 1.73 bits per heavy atom. The summed E-state index contributed by atoms with van der Waals surface area (Å²) < 4.78 is 0. The molecule has 0 aromatic rings. The number of hydrogen-bond acceptors (Lipinski definition) is 4. The van der Waals surface area contributed by atoms with Gasteiger partial charge < -0.3 is 20.2 Å². The molecule has 15 heavy (non-hydrogen) atoms. The summed E-state index contributed by atoms with van der Waals surface area (Å²) in [7, 11) is 3.85. The lowest BCUT2D eigenvalue weighted by Gasteiger charge is -2.14. The fourth-order valence-electron chi connectivity index (χ4n) is 0.809. The van der Waals surface area contributed by atoms with Gasteiger partial charge in [-0.1, -0.05) is 13.8 Å². The molecule has 0 aliphatic heterocycles. The highest BCUT2D eigenvalue weighted by Crippen LogP contribution is 2.09. The van der Waals surface area contributed by atoms with Crippen LogP contribution in [-0.2, 0) is 0 Å². The number of likely N-dealkylation sites (N-methyl/N-ethyl adjacent to an activating group) is 1. The Balaban J connectivity index is 0. The number of hydrogen-bond donors (Lipinski definition) is 3. The van der Waals surface area contributed by atoms with Crippen molar-refractivity contribution in [2.75, 3.05) is 33.9 Å². The van der Waals surface area contributed by atoms with Crippen LogP contribution in [0.5, 0.6) is 0 Å². The lowest BCUT2D eigenvalue weighted by atomic mass is 10.00. The van der Waals surface area contributed by atoms with Gasteiger partial charge in [0.1, 0.15) is 0 Å². The average molecular weight is 220 g/mol. The minimum atomic E-state index is -0.382. The normalized spacial score (nSPS) is 14.4. The van der Waals surface area contributed by atoms with Gasteiger partial charge in [0.05, 0.1) is 12.7 Å². The Kier molecular flexibility index (Phi) is 13.7. The van der Waals surface area contributed by atoms with Crippen LogP contribution in [-0.4, -0.2) is 60.2 Å². The molecule has 0 heterocycles. The molecule has 4 heteroatoms. The second kappa shape index (κ2) is 11.9. The van der Waals surface area contributed by atoms with E-state index in [9.17, 15) is 0 Å². The second-order valence-electron chi connectivity index (χ2n) is 3.87. The third-order valence-electron chi connectivity index (χ3n) is 2.08. The monoisotopic (exact) mass is 220 g/mol. The van der Waals surface area contributed by atoms with Crippen LogP contribution in [0.15, 0.2) is 0 Å². The van der Waals surface area contributed by atoms with Gasteiger partial charge in [0, 0.05) is 13.2 Å². The lowest BCUT2D eigenvalue weighted by molar-refractivity contribution is 0.0868. The molecule has 0 rings (SSSR count). The number of rotatable bonds is 6. The summed E-state index contributed by atoms with van der Waals surface area (Å²) >= 11 is 0.